The van der Waals surface area contributed by atoms with Gasteiger partial charge in [0.1, 0.15) is 5.58 Å². The van der Waals surface area contributed by atoms with Crippen LogP contribution in [0.1, 0.15) is 43.2 Å². The average Bonchev–Trinajstić information content (AvgIpc) is 3.06. The van der Waals surface area contributed by atoms with Crippen molar-refractivity contribution < 1.29 is 23.5 Å². The molecule has 0 aliphatic heterocycles. The summed E-state index contributed by atoms with van der Waals surface area (Å²) in [4.78, 5) is 35.7. The Balaban J connectivity index is 1.45. The maximum Gasteiger partial charge on any atom is 0.374 e. The Morgan fingerprint density at radius 3 is 2.73 bits per heavy atom. The largest absolute Gasteiger partial charge is 0.450 e. The van der Waals surface area contributed by atoms with Gasteiger partial charge < -0.3 is 14.5 Å². The van der Waals surface area contributed by atoms with Crippen molar-refractivity contribution in [2.45, 2.75) is 38.6 Å². The molecular weight excluding hydrogens is 336 g/mol. The predicted octanol–water partition coefficient (Wildman–Crippen LogP) is 2.99. The van der Waals surface area contributed by atoms with Crippen LogP contribution in [0.5, 0.6) is 0 Å². The van der Waals surface area contributed by atoms with Crippen molar-refractivity contribution in [1.29, 1.82) is 0 Å². The van der Waals surface area contributed by atoms with Gasteiger partial charge >= 0.3 is 12.0 Å². The van der Waals surface area contributed by atoms with Crippen LogP contribution in [0, 0.1) is 5.92 Å². The molecule has 1 heterocycles. The second-order valence-corrected chi connectivity index (χ2v) is 6.61. The number of amides is 3. The fraction of sp³-hybridized carbons (Fsp3) is 0.421. The number of rotatable bonds is 4. The van der Waals surface area contributed by atoms with Crippen LogP contribution < -0.4 is 10.6 Å². The molecule has 0 bridgehead atoms. The van der Waals surface area contributed by atoms with Crippen molar-refractivity contribution in [3.05, 3.63) is 36.1 Å². The summed E-state index contributed by atoms with van der Waals surface area (Å²) in [6.07, 6.45) is 4.20. The van der Waals surface area contributed by atoms with Crippen LogP contribution in [-0.2, 0) is 9.53 Å². The lowest BCUT2D eigenvalue weighted by Gasteiger charge is -2.29. The van der Waals surface area contributed by atoms with Crippen LogP contribution in [0.3, 0.4) is 0 Å². The summed E-state index contributed by atoms with van der Waals surface area (Å²) in [5.41, 5.74) is 0.560. The van der Waals surface area contributed by atoms with Crippen LogP contribution in [0.25, 0.3) is 11.0 Å². The van der Waals surface area contributed by atoms with Crippen molar-refractivity contribution in [3.63, 3.8) is 0 Å². The molecule has 0 unspecified atom stereocenters. The van der Waals surface area contributed by atoms with Crippen molar-refractivity contribution in [2.75, 3.05) is 6.61 Å². The zero-order chi connectivity index (χ0) is 18.5. The highest BCUT2D eigenvalue weighted by molar-refractivity contribution is 5.97. The maximum absolute atomic E-state index is 12.0. The van der Waals surface area contributed by atoms with Gasteiger partial charge in [-0.1, -0.05) is 38.0 Å². The molecule has 0 spiro atoms. The highest BCUT2D eigenvalue weighted by atomic mass is 16.5. The quantitative estimate of drug-likeness (QED) is 0.819. The van der Waals surface area contributed by atoms with Crippen molar-refractivity contribution in [3.8, 4) is 0 Å². The summed E-state index contributed by atoms with van der Waals surface area (Å²) in [6.45, 7) is 1.53. The third-order valence-corrected chi connectivity index (χ3v) is 4.64. The molecule has 3 amide bonds. The van der Waals surface area contributed by atoms with E-state index in [1.165, 1.54) is 0 Å². The minimum absolute atomic E-state index is 0.0134. The number of benzene rings is 1. The van der Waals surface area contributed by atoms with E-state index >= 15 is 0 Å². The van der Waals surface area contributed by atoms with E-state index in [0.717, 1.165) is 31.1 Å². The van der Waals surface area contributed by atoms with E-state index < -0.39 is 24.5 Å². The second-order valence-electron chi connectivity index (χ2n) is 6.61. The van der Waals surface area contributed by atoms with Crippen LogP contribution in [0.15, 0.2) is 34.7 Å². The molecule has 1 aliphatic rings. The lowest BCUT2D eigenvalue weighted by Crippen LogP contribution is -2.48. The Hall–Kier alpha value is -2.83. The number of ether oxygens (including phenoxy) is 1. The molecule has 7 nitrogen and oxygen atoms in total. The predicted molar refractivity (Wildman–Crippen MR) is 94.6 cm³/mol. The number of furan rings is 1. The first-order chi connectivity index (χ1) is 12.5. The molecular formula is C19H22N2O5. The van der Waals surface area contributed by atoms with Gasteiger partial charge in [-0.15, -0.1) is 0 Å². The summed E-state index contributed by atoms with van der Waals surface area (Å²) in [7, 11) is 0. The van der Waals surface area contributed by atoms with Crippen LogP contribution in [-0.4, -0.2) is 30.6 Å². The Kier molecular flexibility index (Phi) is 5.55. The number of hydrogen-bond donors (Lipinski definition) is 2. The maximum atomic E-state index is 12.0. The Labute approximate surface area is 151 Å². The molecule has 1 saturated carbocycles. The van der Waals surface area contributed by atoms with Crippen molar-refractivity contribution >= 4 is 28.9 Å². The lowest BCUT2D eigenvalue weighted by molar-refractivity contribution is -0.123. The first-order valence-corrected chi connectivity index (χ1v) is 8.79. The fourth-order valence-electron chi connectivity index (χ4n) is 3.18. The van der Waals surface area contributed by atoms with E-state index in [1.807, 2.05) is 6.07 Å². The molecule has 1 aliphatic carbocycles. The number of carbonyl (C=O) groups excluding carboxylic acids is 3. The molecule has 0 saturated heterocycles. The second kappa shape index (κ2) is 8.03. The van der Waals surface area contributed by atoms with Gasteiger partial charge in [0, 0.05) is 11.4 Å². The molecule has 138 valence electrons. The zero-order valence-electron chi connectivity index (χ0n) is 14.6. The van der Waals surface area contributed by atoms with E-state index in [1.54, 1.807) is 24.3 Å². The van der Waals surface area contributed by atoms with Gasteiger partial charge in [0.25, 0.3) is 5.91 Å². The zero-order valence-corrected chi connectivity index (χ0v) is 14.6. The smallest absolute Gasteiger partial charge is 0.374 e. The number of fused-ring (bicyclic) bond motifs is 1. The van der Waals surface area contributed by atoms with E-state index in [0.29, 0.717) is 11.5 Å². The highest BCUT2D eigenvalue weighted by Gasteiger charge is 2.23. The molecule has 2 N–H and O–H groups in total. The highest BCUT2D eigenvalue weighted by Crippen LogP contribution is 2.23. The van der Waals surface area contributed by atoms with Gasteiger partial charge in [-0.25, -0.2) is 9.59 Å². The van der Waals surface area contributed by atoms with Crippen molar-refractivity contribution in [2.24, 2.45) is 5.92 Å². The molecule has 7 heteroatoms. The molecule has 2 aromatic rings. The number of para-hydroxylation sites is 1. The summed E-state index contributed by atoms with van der Waals surface area (Å²) in [6, 6.07) is 8.20. The van der Waals surface area contributed by atoms with E-state index in [4.69, 9.17) is 9.15 Å². The third kappa shape index (κ3) is 4.41. The van der Waals surface area contributed by atoms with Crippen molar-refractivity contribution in [1.82, 2.24) is 10.6 Å². The molecule has 1 aromatic carbocycles. The van der Waals surface area contributed by atoms with E-state index in [2.05, 4.69) is 17.6 Å². The Morgan fingerprint density at radius 1 is 1.19 bits per heavy atom. The molecule has 2 atom stereocenters. The average molecular weight is 358 g/mol. The van der Waals surface area contributed by atoms with Gasteiger partial charge in [0.2, 0.25) is 5.76 Å². The van der Waals surface area contributed by atoms with Crippen LogP contribution in [0.2, 0.25) is 0 Å². The van der Waals surface area contributed by atoms with Crippen LogP contribution in [0.4, 0.5) is 4.79 Å². The number of carbonyl (C=O) groups is 3. The van der Waals surface area contributed by atoms with Gasteiger partial charge in [0.05, 0.1) is 0 Å². The van der Waals surface area contributed by atoms with Crippen LogP contribution >= 0.6 is 0 Å². The standard InChI is InChI=1S/C19H22N2O5/c1-12-6-2-4-8-14(12)20-19(24)21-17(22)11-25-18(23)16-10-13-7-3-5-9-15(13)26-16/h3,5,7,9-10,12,14H,2,4,6,8,11H2,1H3,(H2,20,21,22,24)/t12-,14-/m1/s1. The molecule has 1 aromatic heterocycles. The van der Waals surface area contributed by atoms with Gasteiger partial charge in [-0.3, -0.25) is 10.1 Å². The van der Waals surface area contributed by atoms with E-state index in [-0.39, 0.29) is 11.8 Å². The fourth-order valence-corrected chi connectivity index (χ4v) is 3.18. The number of esters is 1. The monoisotopic (exact) mass is 358 g/mol. The normalized spacial score (nSPS) is 19.7. The summed E-state index contributed by atoms with van der Waals surface area (Å²) in [5.74, 6) is -1.04. The topological polar surface area (TPSA) is 97.6 Å². The summed E-state index contributed by atoms with van der Waals surface area (Å²) < 4.78 is 10.3. The number of hydrogen-bond acceptors (Lipinski definition) is 5. The van der Waals surface area contributed by atoms with Gasteiger partial charge in [-0.05, 0) is 30.9 Å². The number of nitrogens with one attached hydrogen (secondary N) is 2. The summed E-state index contributed by atoms with van der Waals surface area (Å²) in [5, 5.41) is 5.76. The molecule has 0 radical (unpaired) electrons. The molecule has 3 rings (SSSR count). The first kappa shape index (κ1) is 18.0. The number of urea groups is 1. The molecule has 26 heavy (non-hydrogen) atoms. The Bertz CT molecular complexity index is 780. The SMILES string of the molecule is C[C@@H]1CCCC[C@H]1NC(=O)NC(=O)COC(=O)c1cc2ccccc2o1. The number of imide groups is 1. The molecule has 1 fully saturated rings. The minimum atomic E-state index is -0.752. The van der Waals surface area contributed by atoms with E-state index in [9.17, 15) is 14.4 Å². The lowest BCUT2D eigenvalue weighted by atomic mass is 9.86. The van der Waals surface area contributed by atoms with Gasteiger partial charge in [0.15, 0.2) is 6.61 Å². The Morgan fingerprint density at radius 2 is 1.96 bits per heavy atom. The summed E-state index contributed by atoms with van der Waals surface area (Å²) >= 11 is 0. The minimum Gasteiger partial charge on any atom is -0.450 e. The third-order valence-electron chi connectivity index (χ3n) is 4.64. The first-order valence-electron chi connectivity index (χ1n) is 8.79. The van der Waals surface area contributed by atoms with Gasteiger partial charge in [-0.2, -0.15) is 0 Å².